The molecule has 3 aromatic heterocycles. The Morgan fingerprint density at radius 2 is 1.12 bits per heavy atom. The first kappa shape index (κ1) is 27.8. The fraction of sp³-hybridized carbons (Fsp3) is 0. The fourth-order valence-corrected chi connectivity index (χ4v) is 8.76. The normalized spacial score (nSPS) is 12.2. The molecule has 3 heterocycles. The first-order chi connectivity index (χ1) is 25.8. The molecule has 0 unspecified atom stereocenters. The van der Waals surface area contributed by atoms with Gasteiger partial charge in [-0.25, -0.2) is 4.98 Å². The Morgan fingerprint density at radius 3 is 2.06 bits per heavy atom. The van der Waals surface area contributed by atoms with Crippen LogP contribution in [0.15, 0.2) is 174 Å². The van der Waals surface area contributed by atoms with Gasteiger partial charge in [0.2, 0.25) is 0 Å². The van der Waals surface area contributed by atoms with Crippen molar-refractivity contribution in [3.8, 4) is 50.5 Å². The molecule has 11 aromatic rings. The van der Waals surface area contributed by atoms with E-state index >= 15 is 0 Å². The van der Waals surface area contributed by atoms with Gasteiger partial charge >= 0.3 is 0 Å². The van der Waals surface area contributed by atoms with E-state index in [2.05, 4.69) is 174 Å². The predicted octanol–water partition coefficient (Wildman–Crippen LogP) is 13.4. The zero-order valence-electron chi connectivity index (χ0n) is 28.0. The molecule has 0 fully saturated rings. The largest absolute Gasteiger partial charge is 0.456 e. The summed E-state index contributed by atoms with van der Waals surface area (Å²) in [5.74, 6) is 0. The summed E-state index contributed by atoms with van der Waals surface area (Å²) >= 11 is 0. The molecule has 12 rings (SSSR count). The molecular formula is C49H28N2O. The van der Waals surface area contributed by atoms with Gasteiger partial charge in [0.15, 0.2) is 0 Å². The SMILES string of the molecule is c1cc(-c2cc3cccc4c3c(n2)-c2ccccc2-4)cc(-n2c3ccccc3c3cc(-c4ccc5oc6ccc7ccccc7c6c5c4)ccc32)c1. The van der Waals surface area contributed by atoms with Crippen LogP contribution in [0.3, 0.4) is 0 Å². The Morgan fingerprint density at radius 1 is 0.404 bits per heavy atom. The Labute approximate surface area is 298 Å². The van der Waals surface area contributed by atoms with Gasteiger partial charge < -0.3 is 8.98 Å². The van der Waals surface area contributed by atoms with E-state index < -0.39 is 0 Å². The molecule has 0 atom stereocenters. The highest BCUT2D eigenvalue weighted by Gasteiger charge is 2.23. The molecule has 3 nitrogen and oxygen atoms in total. The zero-order valence-corrected chi connectivity index (χ0v) is 28.0. The van der Waals surface area contributed by atoms with Gasteiger partial charge in [0.1, 0.15) is 11.2 Å². The third kappa shape index (κ3) is 3.82. The maximum Gasteiger partial charge on any atom is 0.136 e. The van der Waals surface area contributed by atoms with E-state index in [0.717, 1.165) is 39.2 Å². The van der Waals surface area contributed by atoms with Crippen molar-refractivity contribution in [3.05, 3.63) is 170 Å². The molecule has 0 spiro atoms. The quantitative estimate of drug-likeness (QED) is 0.189. The highest BCUT2D eigenvalue weighted by Crippen LogP contribution is 2.47. The third-order valence-corrected chi connectivity index (χ3v) is 11.1. The molecule has 0 radical (unpaired) electrons. The molecule has 0 bridgehead atoms. The number of pyridine rings is 1. The van der Waals surface area contributed by atoms with Gasteiger partial charge in [-0.15, -0.1) is 0 Å². The minimum absolute atomic E-state index is 0.909. The number of rotatable bonds is 3. The lowest BCUT2D eigenvalue weighted by Gasteiger charge is -2.12. The highest BCUT2D eigenvalue weighted by atomic mass is 16.3. The van der Waals surface area contributed by atoms with Crippen molar-refractivity contribution in [1.82, 2.24) is 9.55 Å². The zero-order chi connectivity index (χ0) is 33.9. The smallest absolute Gasteiger partial charge is 0.136 e. The standard InChI is InChI=1S/C49H28N2O/c1-2-13-35-29(9-1)20-24-46-48(35)41-27-31(21-23-45(41)52-46)30-19-22-44-40(26-30)37-15-5-6-18-43(37)51(44)34-12-7-10-32(25-34)42-28-33-11-8-17-38-36-14-3-4-16-39(36)49(50-42)47(33)38/h1-28H. The minimum atomic E-state index is 0.909. The van der Waals surface area contributed by atoms with Crippen LogP contribution in [0.1, 0.15) is 0 Å². The predicted molar refractivity (Wildman–Crippen MR) is 216 cm³/mol. The summed E-state index contributed by atoms with van der Waals surface area (Å²) in [6.45, 7) is 0. The summed E-state index contributed by atoms with van der Waals surface area (Å²) < 4.78 is 8.71. The monoisotopic (exact) mass is 660 g/mol. The van der Waals surface area contributed by atoms with Crippen molar-refractivity contribution in [2.45, 2.75) is 0 Å². The van der Waals surface area contributed by atoms with Crippen LogP contribution in [0, 0.1) is 0 Å². The number of furan rings is 1. The molecule has 0 saturated heterocycles. The molecule has 8 aromatic carbocycles. The van der Waals surface area contributed by atoms with Crippen molar-refractivity contribution in [1.29, 1.82) is 0 Å². The van der Waals surface area contributed by atoms with E-state index in [-0.39, 0.29) is 0 Å². The molecule has 1 aliphatic rings. The minimum Gasteiger partial charge on any atom is -0.456 e. The molecule has 240 valence electrons. The molecular weight excluding hydrogens is 633 g/mol. The molecule has 0 N–H and O–H groups in total. The summed E-state index contributed by atoms with van der Waals surface area (Å²) in [7, 11) is 0. The molecule has 0 amide bonds. The maximum atomic E-state index is 6.32. The number of benzene rings is 8. The topological polar surface area (TPSA) is 31.0 Å². The third-order valence-electron chi connectivity index (χ3n) is 11.1. The second kappa shape index (κ2) is 10.3. The summed E-state index contributed by atoms with van der Waals surface area (Å²) in [5, 5.41) is 9.67. The summed E-state index contributed by atoms with van der Waals surface area (Å²) in [6, 6.07) is 61.3. The highest BCUT2D eigenvalue weighted by molar-refractivity contribution is 6.20. The molecule has 52 heavy (non-hydrogen) atoms. The number of hydrogen-bond donors (Lipinski definition) is 0. The van der Waals surface area contributed by atoms with E-state index in [1.165, 1.54) is 76.6 Å². The van der Waals surface area contributed by atoms with Crippen molar-refractivity contribution >= 4 is 65.3 Å². The summed E-state index contributed by atoms with van der Waals surface area (Å²) in [4.78, 5) is 5.31. The molecule has 0 aliphatic heterocycles. The fourth-order valence-electron chi connectivity index (χ4n) is 8.76. The Balaban J connectivity index is 1.02. The van der Waals surface area contributed by atoms with Gasteiger partial charge in [0.25, 0.3) is 0 Å². The van der Waals surface area contributed by atoms with Crippen LogP contribution in [0.25, 0.3) is 116 Å². The van der Waals surface area contributed by atoms with E-state index in [4.69, 9.17) is 9.40 Å². The van der Waals surface area contributed by atoms with Crippen LogP contribution in [0.4, 0.5) is 0 Å². The van der Waals surface area contributed by atoms with E-state index in [1.54, 1.807) is 0 Å². The van der Waals surface area contributed by atoms with Gasteiger partial charge in [-0.05, 0) is 93.0 Å². The second-order valence-corrected chi connectivity index (χ2v) is 13.9. The van der Waals surface area contributed by atoms with Crippen molar-refractivity contribution in [2.75, 3.05) is 0 Å². The van der Waals surface area contributed by atoms with E-state index in [0.29, 0.717) is 0 Å². The lowest BCUT2D eigenvalue weighted by molar-refractivity contribution is 0.669. The summed E-state index contributed by atoms with van der Waals surface area (Å²) in [5.41, 5.74) is 14.5. The lowest BCUT2D eigenvalue weighted by atomic mass is 9.99. The average Bonchev–Trinajstić information content (AvgIpc) is 3.86. The molecule has 1 aliphatic carbocycles. The first-order valence-electron chi connectivity index (χ1n) is 17.8. The van der Waals surface area contributed by atoms with Crippen molar-refractivity contribution in [2.24, 2.45) is 0 Å². The number of hydrogen-bond acceptors (Lipinski definition) is 2. The van der Waals surface area contributed by atoms with Gasteiger partial charge in [-0.2, -0.15) is 0 Å². The van der Waals surface area contributed by atoms with Crippen molar-refractivity contribution < 1.29 is 4.42 Å². The number of aromatic nitrogens is 2. The van der Waals surface area contributed by atoms with Gasteiger partial charge in [0, 0.05) is 43.7 Å². The summed E-state index contributed by atoms with van der Waals surface area (Å²) in [6.07, 6.45) is 0. The molecule has 3 heteroatoms. The van der Waals surface area contributed by atoms with Gasteiger partial charge in [-0.3, -0.25) is 0 Å². The van der Waals surface area contributed by atoms with Crippen molar-refractivity contribution in [3.63, 3.8) is 0 Å². The van der Waals surface area contributed by atoms with E-state index in [1.807, 2.05) is 0 Å². The van der Waals surface area contributed by atoms with Crippen LogP contribution >= 0.6 is 0 Å². The Kier molecular flexibility index (Phi) is 5.50. The Hall–Kier alpha value is -6.97. The van der Waals surface area contributed by atoms with Gasteiger partial charge in [0.05, 0.1) is 22.4 Å². The number of fused-ring (bicyclic) bond motifs is 11. The Bertz CT molecular complexity index is 3310. The van der Waals surface area contributed by atoms with Crippen LogP contribution in [0.2, 0.25) is 0 Å². The number of nitrogens with zero attached hydrogens (tertiary/aromatic N) is 2. The lowest BCUT2D eigenvalue weighted by Crippen LogP contribution is -1.95. The van der Waals surface area contributed by atoms with Crippen LogP contribution in [-0.4, -0.2) is 9.55 Å². The average molecular weight is 661 g/mol. The second-order valence-electron chi connectivity index (χ2n) is 13.9. The van der Waals surface area contributed by atoms with Crippen LogP contribution in [0.5, 0.6) is 0 Å². The van der Waals surface area contributed by atoms with Gasteiger partial charge in [-0.1, -0.05) is 115 Å². The van der Waals surface area contributed by atoms with Crippen LogP contribution in [-0.2, 0) is 0 Å². The number of para-hydroxylation sites is 1. The maximum absolute atomic E-state index is 6.32. The molecule has 0 saturated carbocycles. The van der Waals surface area contributed by atoms with Crippen LogP contribution < -0.4 is 0 Å². The van der Waals surface area contributed by atoms with E-state index in [9.17, 15) is 0 Å². The first-order valence-corrected chi connectivity index (χ1v) is 17.8.